The van der Waals surface area contributed by atoms with Gasteiger partial charge in [-0.1, -0.05) is 19.3 Å². The first-order chi connectivity index (χ1) is 8.09. The number of halogens is 1. The molecule has 2 unspecified atom stereocenters. The van der Waals surface area contributed by atoms with Crippen molar-refractivity contribution in [2.24, 2.45) is 0 Å². The van der Waals surface area contributed by atoms with Gasteiger partial charge in [-0.25, -0.2) is 13.1 Å². The Morgan fingerprint density at radius 3 is 2.82 bits per heavy atom. The molecule has 1 fully saturated rings. The first kappa shape index (κ1) is 12.9. The zero-order valence-electron chi connectivity index (χ0n) is 9.39. The van der Waals surface area contributed by atoms with Crippen molar-refractivity contribution in [1.82, 2.24) is 14.9 Å². The highest BCUT2D eigenvalue weighted by Crippen LogP contribution is 2.23. The van der Waals surface area contributed by atoms with Crippen LogP contribution in [0.2, 0.25) is 0 Å². The topological polar surface area (TPSA) is 74.8 Å². The van der Waals surface area contributed by atoms with Crippen LogP contribution in [0.4, 0.5) is 0 Å². The molecule has 2 rings (SSSR count). The molecule has 0 amide bonds. The van der Waals surface area contributed by atoms with Crippen LogP contribution in [0.5, 0.6) is 0 Å². The molecule has 96 valence electrons. The van der Waals surface area contributed by atoms with Crippen molar-refractivity contribution in [3.05, 3.63) is 12.4 Å². The van der Waals surface area contributed by atoms with Crippen molar-refractivity contribution >= 4 is 21.6 Å². The highest BCUT2D eigenvalue weighted by Gasteiger charge is 2.27. The average molecular weight is 278 g/mol. The normalized spacial score (nSPS) is 26.6. The van der Waals surface area contributed by atoms with Gasteiger partial charge in [-0.2, -0.15) is 5.10 Å². The minimum Gasteiger partial charge on any atom is -0.284 e. The molecule has 17 heavy (non-hydrogen) atoms. The number of alkyl halides is 1. The molecule has 2 atom stereocenters. The molecule has 1 aromatic rings. The molecule has 7 heteroatoms. The van der Waals surface area contributed by atoms with Crippen molar-refractivity contribution in [3.8, 4) is 0 Å². The Balaban J connectivity index is 2.09. The summed E-state index contributed by atoms with van der Waals surface area (Å²) in [5.74, 6) is 0. The lowest BCUT2D eigenvalue weighted by molar-refractivity contribution is 0.514. The molecule has 1 heterocycles. The van der Waals surface area contributed by atoms with Gasteiger partial charge in [0.05, 0.1) is 6.20 Å². The van der Waals surface area contributed by atoms with Gasteiger partial charge in [0, 0.05) is 17.6 Å². The van der Waals surface area contributed by atoms with E-state index < -0.39 is 10.0 Å². The molecule has 0 radical (unpaired) electrons. The van der Waals surface area contributed by atoms with E-state index in [0.717, 1.165) is 32.1 Å². The van der Waals surface area contributed by atoms with Gasteiger partial charge >= 0.3 is 0 Å². The van der Waals surface area contributed by atoms with E-state index in [4.69, 9.17) is 11.6 Å². The maximum Gasteiger partial charge on any atom is 0.243 e. The van der Waals surface area contributed by atoms with Crippen LogP contribution in [-0.2, 0) is 10.0 Å². The SMILES string of the molecule is O=S(=O)(NC1CCCCCC1Cl)c1cn[nH]c1. The van der Waals surface area contributed by atoms with Crippen molar-refractivity contribution < 1.29 is 8.42 Å². The summed E-state index contributed by atoms with van der Waals surface area (Å²) in [5.41, 5.74) is 0. The Hall–Kier alpha value is -0.590. The lowest BCUT2D eigenvalue weighted by Crippen LogP contribution is -2.40. The highest BCUT2D eigenvalue weighted by atomic mass is 35.5. The number of aromatic amines is 1. The number of rotatable bonds is 3. The number of sulfonamides is 1. The molecule has 1 aliphatic carbocycles. The van der Waals surface area contributed by atoms with Gasteiger partial charge in [0.2, 0.25) is 10.0 Å². The van der Waals surface area contributed by atoms with E-state index in [-0.39, 0.29) is 16.3 Å². The minimum absolute atomic E-state index is 0.126. The summed E-state index contributed by atoms with van der Waals surface area (Å²) in [5, 5.41) is 6.01. The summed E-state index contributed by atoms with van der Waals surface area (Å²) in [6.45, 7) is 0. The molecular weight excluding hydrogens is 262 g/mol. The number of H-pyrrole nitrogens is 1. The van der Waals surface area contributed by atoms with Gasteiger partial charge in [-0.05, 0) is 12.8 Å². The molecule has 0 spiro atoms. The summed E-state index contributed by atoms with van der Waals surface area (Å²) < 4.78 is 26.6. The van der Waals surface area contributed by atoms with Crippen LogP contribution in [0, 0.1) is 0 Å². The van der Waals surface area contributed by atoms with Gasteiger partial charge in [-0.3, -0.25) is 5.10 Å². The summed E-state index contributed by atoms with van der Waals surface area (Å²) in [6.07, 6.45) is 7.52. The van der Waals surface area contributed by atoms with Crippen molar-refractivity contribution in [2.75, 3.05) is 0 Å². The molecule has 5 nitrogen and oxygen atoms in total. The predicted octanol–water partition coefficient (Wildman–Crippen LogP) is 1.63. The van der Waals surface area contributed by atoms with Gasteiger partial charge in [0.15, 0.2) is 0 Å². The highest BCUT2D eigenvalue weighted by molar-refractivity contribution is 7.89. The van der Waals surface area contributed by atoms with E-state index in [2.05, 4.69) is 14.9 Å². The van der Waals surface area contributed by atoms with E-state index in [1.165, 1.54) is 12.4 Å². The van der Waals surface area contributed by atoms with Crippen LogP contribution < -0.4 is 4.72 Å². The van der Waals surface area contributed by atoms with Gasteiger partial charge < -0.3 is 0 Å². The third-order valence-corrected chi connectivity index (χ3v) is 5.00. The van der Waals surface area contributed by atoms with Crippen molar-refractivity contribution in [1.29, 1.82) is 0 Å². The quantitative estimate of drug-likeness (QED) is 0.651. The van der Waals surface area contributed by atoms with Crippen LogP contribution in [0.25, 0.3) is 0 Å². The monoisotopic (exact) mass is 277 g/mol. The Bertz CT molecular complexity index is 446. The molecule has 0 saturated heterocycles. The number of aromatic nitrogens is 2. The standard InChI is InChI=1S/C10H16ClN3O2S/c11-9-4-2-1-3-5-10(9)14-17(15,16)8-6-12-13-7-8/h6-7,9-10,14H,1-5H2,(H,12,13). The molecule has 2 N–H and O–H groups in total. The fraction of sp³-hybridized carbons (Fsp3) is 0.700. The third kappa shape index (κ3) is 3.20. The van der Waals surface area contributed by atoms with E-state index >= 15 is 0 Å². The molecular formula is C10H16ClN3O2S. The number of hydrogen-bond donors (Lipinski definition) is 2. The largest absolute Gasteiger partial charge is 0.284 e. The van der Waals surface area contributed by atoms with E-state index in [9.17, 15) is 8.42 Å². The summed E-state index contributed by atoms with van der Waals surface area (Å²) in [6, 6.07) is -0.181. The number of nitrogens with one attached hydrogen (secondary N) is 2. The Labute approximate surface area is 106 Å². The second-order valence-electron chi connectivity index (χ2n) is 4.32. The van der Waals surface area contributed by atoms with Gasteiger partial charge in [0.25, 0.3) is 0 Å². The zero-order chi connectivity index (χ0) is 12.3. The van der Waals surface area contributed by atoms with Crippen LogP contribution in [0.15, 0.2) is 17.3 Å². The molecule has 1 aromatic heterocycles. The summed E-state index contributed by atoms with van der Waals surface area (Å²) in [7, 11) is -3.49. The van der Waals surface area contributed by atoms with Crippen molar-refractivity contribution in [3.63, 3.8) is 0 Å². The maximum absolute atomic E-state index is 12.0. The lowest BCUT2D eigenvalue weighted by Gasteiger charge is -2.20. The van der Waals surface area contributed by atoms with E-state index in [1.54, 1.807) is 0 Å². The summed E-state index contributed by atoms with van der Waals surface area (Å²) in [4.78, 5) is 0.158. The Morgan fingerprint density at radius 1 is 1.35 bits per heavy atom. The zero-order valence-corrected chi connectivity index (χ0v) is 11.0. The number of nitrogens with zero attached hydrogens (tertiary/aromatic N) is 1. The molecule has 1 aliphatic rings. The smallest absolute Gasteiger partial charge is 0.243 e. The lowest BCUT2D eigenvalue weighted by atomic mass is 10.1. The van der Waals surface area contributed by atoms with E-state index in [1.807, 2.05) is 0 Å². The fourth-order valence-corrected chi connectivity index (χ4v) is 3.68. The predicted molar refractivity (Wildman–Crippen MR) is 65.4 cm³/mol. The molecule has 0 aromatic carbocycles. The fourth-order valence-electron chi connectivity index (χ4n) is 2.05. The van der Waals surface area contributed by atoms with E-state index in [0.29, 0.717) is 0 Å². The first-order valence-corrected chi connectivity index (χ1v) is 7.67. The van der Waals surface area contributed by atoms with Crippen LogP contribution in [0.1, 0.15) is 32.1 Å². The summed E-state index contributed by atoms with van der Waals surface area (Å²) >= 11 is 6.20. The molecule has 0 bridgehead atoms. The maximum atomic E-state index is 12.0. The van der Waals surface area contributed by atoms with Gasteiger partial charge in [0.1, 0.15) is 4.90 Å². The van der Waals surface area contributed by atoms with Crippen molar-refractivity contribution in [2.45, 2.75) is 48.4 Å². The van der Waals surface area contributed by atoms with Gasteiger partial charge in [-0.15, -0.1) is 11.6 Å². The first-order valence-electron chi connectivity index (χ1n) is 5.75. The Morgan fingerprint density at radius 2 is 2.12 bits per heavy atom. The minimum atomic E-state index is -3.49. The number of hydrogen-bond acceptors (Lipinski definition) is 3. The van der Waals surface area contributed by atoms with Crippen LogP contribution >= 0.6 is 11.6 Å². The third-order valence-electron chi connectivity index (χ3n) is 3.02. The van der Waals surface area contributed by atoms with Crippen LogP contribution in [0.3, 0.4) is 0 Å². The Kier molecular flexibility index (Phi) is 4.06. The second-order valence-corrected chi connectivity index (χ2v) is 6.59. The second kappa shape index (κ2) is 5.37. The van der Waals surface area contributed by atoms with Crippen LogP contribution in [-0.4, -0.2) is 30.0 Å². The average Bonchev–Trinajstić information content (AvgIpc) is 2.74. The molecule has 1 saturated carbocycles. The molecule has 0 aliphatic heterocycles.